The van der Waals surface area contributed by atoms with Crippen LogP contribution in [0.1, 0.15) is 36.5 Å². The summed E-state index contributed by atoms with van der Waals surface area (Å²) in [5.74, 6) is 1.14. The van der Waals surface area contributed by atoms with Gasteiger partial charge in [0.25, 0.3) is 5.91 Å². The molecule has 0 radical (unpaired) electrons. The lowest BCUT2D eigenvalue weighted by Gasteiger charge is -2.06. The number of nitrogens with one attached hydrogen (secondary N) is 1. The first-order valence-corrected chi connectivity index (χ1v) is 6.21. The van der Waals surface area contributed by atoms with Crippen molar-refractivity contribution in [3.05, 3.63) is 29.7 Å². The number of hydrogen-bond acceptors (Lipinski definition) is 3. The summed E-state index contributed by atoms with van der Waals surface area (Å²) >= 11 is 0. The molecule has 0 atom stereocenters. The molecular formula is C14H18N2O2. The van der Waals surface area contributed by atoms with Gasteiger partial charge in [0.15, 0.2) is 11.5 Å². The summed E-state index contributed by atoms with van der Waals surface area (Å²) in [6, 6.07) is 5.32. The normalized spacial score (nSPS) is 11.1. The average molecular weight is 246 g/mol. The van der Waals surface area contributed by atoms with Crippen molar-refractivity contribution in [1.29, 1.82) is 0 Å². The lowest BCUT2D eigenvalue weighted by atomic mass is 10.1. The van der Waals surface area contributed by atoms with E-state index in [9.17, 15) is 4.79 Å². The number of aromatic nitrogens is 1. The Morgan fingerprint density at radius 3 is 2.94 bits per heavy atom. The second kappa shape index (κ2) is 5.21. The number of amides is 1. The summed E-state index contributed by atoms with van der Waals surface area (Å²) < 4.78 is 5.41. The minimum Gasteiger partial charge on any atom is -0.441 e. The molecule has 4 nitrogen and oxygen atoms in total. The molecule has 2 rings (SSSR count). The van der Waals surface area contributed by atoms with Crippen LogP contribution in [0.25, 0.3) is 11.1 Å². The van der Waals surface area contributed by atoms with Gasteiger partial charge in [-0.15, -0.1) is 0 Å². The van der Waals surface area contributed by atoms with Crippen LogP contribution < -0.4 is 5.32 Å². The van der Waals surface area contributed by atoms with E-state index in [0.29, 0.717) is 29.5 Å². The van der Waals surface area contributed by atoms with Crippen LogP contribution in [0.4, 0.5) is 0 Å². The molecule has 0 unspecified atom stereocenters. The Hall–Kier alpha value is -1.84. The molecule has 18 heavy (non-hydrogen) atoms. The van der Waals surface area contributed by atoms with Crippen molar-refractivity contribution in [2.24, 2.45) is 5.92 Å². The molecule has 0 saturated carbocycles. The minimum atomic E-state index is -0.0633. The van der Waals surface area contributed by atoms with Gasteiger partial charge in [-0.3, -0.25) is 4.79 Å². The van der Waals surface area contributed by atoms with Gasteiger partial charge in [-0.2, -0.15) is 0 Å². The highest BCUT2D eigenvalue weighted by Crippen LogP contribution is 2.16. The zero-order valence-corrected chi connectivity index (χ0v) is 11.0. The summed E-state index contributed by atoms with van der Waals surface area (Å²) in [6.45, 7) is 6.76. The maximum atomic E-state index is 11.9. The van der Waals surface area contributed by atoms with Crippen LogP contribution in [-0.2, 0) is 0 Å². The van der Waals surface area contributed by atoms with E-state index in [0.717, 1.165) is 11.9 Å². The number of benzene rings is 1. The predicted molar refractivity (Wildman–Crippen MR) is 70.5 cm³/mol. The van der Waals surface area contributed by atoms with Crippen LogP contribution >= 0.6 is 0 Å². The highest BCUT2D eigenvalue weighted by Gasteiger charge is 2.09. The van der Waals surface area contributed by atoms with Gasteiger partial charge >= 0.3 is 0 Å². The van der Waals surface area contributed by atoms with E-state index in [4.69, 9.17) is 4.42 Å². The Labute approximate surface area is 106 Å². The molecule has 0 saturated heterocycles. The molecule has 0 spiro atoms. The molecule has 1 aromatic carbocycles. The molecule has 0 bridgehead atoms. The van der Waals surface area contributed by atoms with Crippen molar-refractivity contribution in [1.82, 2.24) is 10.3 Å². The third-order valence-corrected chi connectivity index (χ3v) is 2.76. The van der Waals surface area contributed by atoms with Gasteiger partial charge in [-0.25, -0.2) is 4.98 Å². The molecule has 0 fully saturated rings. The van der Waals surface area contributed by atoms with Crippen LogP contribution in [0.5, 0.6) is 0 Å². The van der Waals surface area contributed by atoms with E-state index >= 15 is 0 Å². The first-order valence-electron chi connectivity index (χ1n) is 6.21. The largest absolute Gasteiger partial charge is 0.441 e. The van der Waals surface area contributed by atoms with E-state index in [1.165, 1.54) is 0 Å². The number of rotatable bonds is 4. The van der Waals surface area contributed by atoms with Gasteiger partial charge in [0, 0.05) is 19.0 Å². The van der Waals surface area contributed by atoms with Crippen LogP contribution in [0.2, 0.25) is 0 Å². The standard InChI is InChI=1S/C14H18N2O2/c1-9(2)6-7-15-14(17)11-4-5-12-13(8-11)18-10(3)16-12/h4-5,8-9H,6-7H2,1-3H3,(H,15,17). The Balaban J connectivity index is 2.08. The number of hydrogen-bond donors (Lipinski definition) is 1. The van der Waals surface area contributed by atoms with Crippen molar-refractivity contribution in [2.75, 3.05) is 6.54 Å². The molecule has 2 aromatic rings. The fourth-order valence-electron chi connectivity index (χ4n) is 1.76. The second-order valence-electron chi connectivity index (χ2n) is 4.85. The van der Waals surface area contributed by atoms with Gasteiger partial charge in [-0.05, 0) is 30.5 Å². The topological polar surface area (TPSA) is 55.1 Å². The maximum absolute atomic E-state index is 11.9. The Morgan fingerprint density at radius 1 is 1.44 bits per heavy atom. The molecule has 0 aliphatic rings. The van der Waals surface area contributed by atoms with E-state index in [-0.39, 0.29) is 5.91 Å². The third-order valence-electron chi connectivity index (χ3n) is 2.76. The molecule has 1 aromatic heterocycles. The predicted octanol–water partition coefficient (Wildman–Crippen LogP) is 2.91. The summed E-state index contributed by atoms with van der Waals surface area (Å²) in [6.07, 6.45) is 0.982. The van der Waals surface area contributed by atoms with Gasteiger partial charge < -0.3 is 9.73 Å². The molecule has 0 aliphatic heterocycles. The summed E-state index contributed by atoms with van der Waals surface area (Å²) in [7, 11) is 0. The molecular weight excluding hydrogens is 228 g/mol. The SMILES string of the molecule is Cc1nc2ccc(C(=O)NCCC(C)C)cc2o1. The zero-order valence-electron chi connectivity index (χ0n) is 11.0. The van der Waals surface area contributed by atoms with E-state index < -0.39 is 0 Å². The minimum absolute atomic E-state index is 0.0633. The first kappa shape index (κ1) is 12.6. The summed E-state index contributed by atoms with van der Waals surface area (Å²) in [5, 5.41) is 2.90. The number of carbonyl (C=O) groups excluding carboxylic acids is 1. The summed E-state index contributed by atoms with van der Waals surface area (Å²) in [5.41, 5.74) is 2.05. The van der Waals surface area contributed by atoms with E-state index in [1.807, 2.05) is 6.07 Å². The molecule has 0 aliphatic carbocycles. The number of fused-ring (bicyclic) bond motifs is 1. The van der Waals surface area contributed by atoms with Crippen LogP contribution in [0, 0.1) is 12.8 Å². The van der Waals surface area contributed by atoms with Crippen LogP contribution in [-0.4, -0.2) is 17.4 Å². The summed E-state index contributed by atoms with van der Waals surface area (Å²) in [4.78, 5) is 16.1. The lowest BCUT2D eigenvalue weighted by molar-refractivity contribution is 0.0952. The molecule has 1 amide bonds. The maximum Gasteiger partial charge on any atom is 0.251 e. The van der Waals surface area contributed by atoms with E-state index in [2.05, 4.69) is 24.1 Å². The number of oxazole rings is 1. The van der Waals surface area contributed by atoms with Crippen molar-refractivity contribution in [2.45, 2.75) is 27.2 Å². The fraction of sp³-hybridized carbons (Fsp3) is 0.429. The average Bonchev–Trinajstić information content (AvgIpc) is 2.67. The van der Waals surface area contributed by atoms with E-state index in [1.54, 1.807) is 19.1 Å². The van der Waals surface area contributed by atoms with Crippen molar-refractivity contribution >= 4 is 17.0 Å². The quantitative estimate of drug-likeness (QED) is 0.902. The third kappa shape index (κ3) is 2.88. The second-order valence-corrected chi connectivity index (χ2v) is 4.85. The number of nitrogens with zero attached hydrogens (tertiary/aromatic N) is 1. The lowest BCUT2D eigenvalue weighted by Crippen LogP contribution is -2.25. The van der Waals surface area contributed by atoms with Crippen LogP contribution in [0.3, 0.4) is 0 Å². The van der Waals surface area contributed by atoms with Crippen molar-refractivity contribution in [3.63, 3.8) is 0 Å². The van der Waals surface area contributed by atoms with Gasteiger partial charge in [0.2, 0.25) is 0 Å². The number of aryl methyl sites for hydroxylation is 1. The molecule has 4 heteroatoms. The highest BCUT2D eigenvalue weighted by molar-refractivity contribution is 5.96. The monoisotopic (exact) mass is 246 g/mol. The Bertz CT molecular complexity index is 558. The Kier molecular flexibility index (Phi) is 3.65. The molecule has 1 N–H and O–H groups in total. The molecule has 96 valence electrons. The molecule has 1 heterocycles. The van der Waals surface area contributed by atoms with Gasteiger partial charge in [0.05, 0.1) is 0 Å². The van der Waals surface area contributed by atoms with Crippen LogP contribution in [0.15, 0.2) is 22.6 Å². The fourth-order valence-corrected chi connectivity index (χ4v) is 1.76. The van der Waals surface area contributed by atoms with Crippen molar-refractivity contribution in [3.8, 4) is 0 Å². The smallest absolute Gasteiger partial charge is 0.251 e. The number of carbonyl (C=O) groups is 1. The first-order chi connectivity index (χ1) is 8.56. The van der Waals surface area contributed by atoms with Crippen molar-refractivity contribution < 1.29 is 9.21 Å². The zero-order chi connectivity index (χ0) is 13.1. The Morgan fingerprint density at radius 2 is 2.22 bits per heavy atom. The van der Waals surface area contributed by atoms with Gasteiger partial charge in [-0.1, -0.05) is 13.8 Å². The highest BCUT2D eigenvalue weighted by atomic mass is 16.3. The van der Waals surface area contributed by atoms with Gasteiger partial charge in [0.1, 0.15) is 5.52 Å².